The number of nitrogens with zero attached hydrogens (tertiary/aromatic N) is 2. The van der Waals surface area contributed by atoms with Crippen LogP contribution in [0.1, 0.15) is 53.4 Å². The van der Waals surface area contributed by atoms with E-state index >= 15 is 0 Å². The molecule has 2 heterocycles. The van der Waals surface area contributed by atoms with Gasteiger partial charge in [0.05, 0.1) is 12.1 Å². The molecule has 6 heteroatoms. The Morgan fingerprint density at radius 1 is 1.16 bits per heavy atom. The number of carbonyl (C=O) groups excluding carboxylic acids is 2. The van der Waals surface area contributed by atoms with E-state index in [-0.39, 0.29) is 11.8 Å². The monoisotopic (exact) mass is 363 g/mol. The molecule has 0 unspecified atom stereocenters. The highest BCUT2D eigenvalue weighted by molar-refractivity contribution is 7.10. The molecule has 0 saturated carbocycles. The molecule has 1 aromatic heterocycles. The van der Waals surface area contributed by atoms with Crippen LogP contribution in [0.25, 0.3) is 0 Å². The van der Waals surface area contributed by atoms with Crippen molar-refractivity contribution >= 4 is 23.2 Å². The van der Waals surface area contributed by atoms with Gasteiger partial charge in [-0.05, 0) is 37.7 Å². The zero-order valence-corrected chi connectivity index (χ0v) is 16.0. The van der Waals surface area contributed by atoms with Gasteiger partial charge in [0.2, 0.25) is 5.91 Å². The topological polar surface area (TPSA) is 52.7 Å². The van der Waals surface area contributed by atoms with Crippen LogP contribution in [0.4, 0.5) is 0 Å². The third-order valence-corrected chi connectivity index (χ3v) is 6.26. The first-order valence-electron chi connectivity index (χ1n) is 9.56. The molecule has 1 saturated heterocycles. The minimum Gasteiger partial charge on any atom is -0.355 e. The van der Waals surface area contributed by atoms with Gasteiger partial charge >= 0.3 is 0 Å². The van der Waals surface area contributed by atoms with Crippen LogP contribution in [0.3, 0.4) is 0 Å². The highest BCUT2D eigenvalue weighted by Crippen LogP contribution is 2.31. The predicted molar refractivity (Wildman–Crippen MR) is 101 cm³/mol. The second-order valence-electron chi connectivity index (χ2n) is 7.03. The summed E-state index contributed by atoms with van der Waals surface area (Å²) in [4.78, 5) is 30.3. The van der Waals surface area contributed by atoms with E-state index in [4.69, 9.17) is 0 Å². The summed E-state index contributed by atoms with van der Waals surface area (Å²) >= 11 is 1.75. The van der Waals surface area contributed by atoms with E-state index < -0.39 is 0 Å². The van der Waals surface area contributed by atoms with Gasteiger partial charge in [0, 0.05) is 43.0 Å². The smallest absolute Gasteiger partial charge is 0.255 e. The van der Waals surface area contributed by atoms with Gasteiger partial charge in [-0.1, -0.05) is 13.3 Å². The lowest BCUT2D eigenvalue weighted by Crippen LogP contribution is -2.51. The fourth-order valence-corrected chi connectivity index (χ4v) is 4.74. The maximum absolute atomic E-state index is 12.9. The Bertz CT molecular complexity index is 606. The van der Waals surface area contributed by atoms with E-state index in [0.717, 1.165) is 50.9 Å². The number of hydrogen-bond acceptors (Lipinski definition) is 4. The highest BCUT2D eigenvalue weighted by Gasteiger charge is 2.27. The fourth-order valence-electron chi connectivity index (χ4n) is 3.62. The van der Waals surface area contributed by atoms with Gasteiger partial charge in [0.25, 0.3) is 5.91 Å². The van der Waals surface area contributed by atoms with Crippen LogP contribution in [-0.2, 0) is 17.6 Å². The van der Waals surface area contributed by atoms with Crippen molar-refractivity contribution in [2.75, 3.05) is 39.3 Å². The zero-order valence-electron chi connectivity index (χ0n) is 15.2. The lowest BCUT2D eigenvalue weighted by atomic mass is 9.95. The standard InChI is InChI=1S/C19H29N3O2S/c1-2-3-8-20-18(23)13-21-9-11-22(12-10-21)19(24)16-14-25-17-7-5-4-6-15(16)17/h14H,2-13H2,1H3,(H,20,23). The fraction of sp³-hybridized carbons (Fsp3) is 0.684. The number of rotatable bonds is 6. The molecule has 138 valence electrons. The molecule has 3 rings (SSSR count). The second kappa shape index (κ2) is 8.81. The number of thiophene rings is 1. The Labute approximate surface area is 154 Å². The van der Waals surface area contributed by atoms with Gasteiger partial charge in [-0.15, -0.1) is 11.3 Å². The minimum absolute atomic E-state index is 0.0973. The quantitative estimate of drug-likeness (QED) is 0.789. The number of fused-ring (bicyclic) bond motifs is 1. The van der Waals surface area contributed by atoms with Crippen molar-refractivity contribution in [3.63, 3.8) is 0 Å². The van der Waals surface area contributed by atoms with Crippen LogP contribution in [0.2, 0.25) is 0 Å². The average Bonchev–Trinajstić information content (AvgIpc) is 3.06. The summed E-state index contributed by atoms with van der Waals surface area (Å²) in [6.07, 6.45) is 6.75. The van der Waals surface area contributed by atoms with E-state index in [1.54, 1.807) is 11.3 Å². The molecule has 0 spiro atoms. The molecular weight excluding hydrogens is 334 g/mol. The van der Waals surface area contributed by atoms with Crippen LogP contribution < -0.4 is 5.32 Å². The van der Waals surface area contributed by atoms with Crippen molar-refractivity contribution in [2.45, 2.75) is 45.4 Å². The molecule has 2 aliphatic rings. The molecule has 1 aromatic rings. The zero-order chi connectivity index (χ0) is 17.6. The van der Waals surface area contributed by atoms with Crippen molar-refractivity contribution in [2.24, 2.45) is 0 Å². The molecule has 0 aromatic carbocycles. The van der Waals surface area contributed by atoms with E-state index in [2.05, 4.69) is 22.5 Å². The van der Waals surface area contributed by atoms with Crippen LogP contribution >= 0.6 is 11.3 Å². The first-order chi connectivity index (χ1) is 12.2. The average molecular weight is 364 g/mol. The lowest BCUT2D eigenvalue weighted by molar-refractivity contribution is -0.122. The van der Waals surface area contributed by atoms with Crippen molar-refractivity contribution in [1.29, 1.82) is 0 Å². The van der Waals surface area contributed by atoms with Gasteiger partial charge in [-0.3, -0.25) is 14.5 Å². The third-order valence-electron chi connectivity index (χ3n) is 5.17. The second-order valence-corrected chi connectivity index (χ2v) is 7.99. The Hall–Kier alpha value is -1.40. The Morgan fingerprint density at radius 2 is 1.92 bits per heavy atom. The van der Waals surface area contributed by atoms with Crippen molar-refractivity contribution in [3.8, 4) is 0 Å². The lowest BCUT2D eigenvalue weighted by Gasteiger charge is -2.34. The molecule has 2 amide bonds. The summed E-state index contributed by atoms with van der Waals surface area (Å²) in [6, 6.07) is 0. The first-order valence-corrected chi connectivity index (χ1v) is 10.4. The van der Waals surface area contributed by atoms with Gasteiger partial charge in [-0.2, -0.15) is 0 Å². The van der Waals surface area contributed by atoms with Crippen LogP contribution in [0.15, 0.2) is 5.38 Å². The maximum atomic E-state index is 12.9. The van der Waals surface area contributed by atoms with E-state index in [1.807, 2.05) is 4.90 Å². The number of amides is 2. The number of hydrogen-bond donors (Lipinski definition) is 1. The van der Waals surface area contributed by atoms with Gasteiger partial charge in [0.15, 0.2) is 0 Å². The molecule has 1 aliphatic heterocycles. The molecular formula is C19H29N3O2S. The van der Waals surface area contributed by atoms with Gasteiger partial charge in [0.1, 0.15) is 0 Å². The molecule has 25 heavy (non-hydrogen) atoms. The summed E-state index contributed by atoms with van der Waals surface area (Å²) in [6.45, 7) is 6.31. The summed E-state index contributed by atoms with van der Waals surface area (Å²) < 4.78 is 0. The Morgan fingerprint density at radius 3 is 2.68 bits per heavy atom. The first kappa shape index (κ1) is 18.4. The van der Waals surface area contributed by atoms with Crippen molar-refractivity contribution in [3.05, 3.63) is 21.4 Å². The summed E-state index contributed by atoms with van der Waals surface area (Å²) in [5.41, 5.74) is 2.24. The molecule has 1 N–H and O–H groups in total. The third kappa shape index (κ3) is 4.61. The van der Waals surface area contributed by atoms with Crippen molar-refractivity contribution < 1.29 is 9.59 Å². The summed E-state index contributed by atoms with van der Waals surface area (Å²) in [5, 5.41) is 5.02. The van der Waals surface area contributed by atoms with Crippen LogP contribution in [-0.4, -0.2) is 60.9 Å². The molecule has 0 atom stereocenters. The number of carbonyl (C=O) groups is 2. The molecule has 1 fully saturated rings. The van der Waals surface area contributed by atoms with E-state index in [0.29, 0.717) is 19.6 Å². The summed E-state index contributed by atoms with van der Waals surface area (Å²) in [5.74, 6) is 0.284. The van der Waals surface area contributed by atoms with Crippen LogP contribution in [0, 0.1) is 0 Å². The molecule has 5 nitrogen and oxygen atoms in total. The largest absolute Gasteiger partial charge is 0.355 e. The molecule has 1 aliphatic carbocycles. The number of piperazine rings is 1. The van der Waals surface area contributed by atoms with E-state index in [1.165, 1.54) is 23.3 Å². The van der Waals surface area contributed by atoms with E-state index in [9.17, 15) is 9.59 Å². The predicted octanol–water partition coefficient (Wildman–Crippen LogP) is 2.30. The van der Waals surface area contributed by atoms with Gasteiger partial charge < -0.3 is 10.2 Å². The number of aryl methyl sites for hydroxylation is 1. The van der Waals surface area contributed by atoms with Crippen molar-refractivity contribution in [1.82, 2.24) is 15.1 Å². The van der Waals surface area contributed by atoms with Crippen LogP contribution in [0.5, 0.6) is 0 Å². The highest BCUT2D eigenvalue weighted by atomic mass is 32.1. The summed E-state index contributed by atoms with van der Waals surface area (Å²) in [7, 11) is 0. The maximum Gasteiger partial charge on any atom is 0.255 e. The molecule has 0 radical (unpaired) electrons. The number of nitrogens with one attached hydrogen (secondary N) is 1. The SMILES string of the molecule is CCCCNC(=O)CN1CCN(C(=O)c2csc3c2CCCC3)CC1. The Kier molecular flexibility index (Phi) is 6.48. The normalized spacial score (nSPS) is 18.0. The van der Waals surface area contributed by atoms with Gasteiger partial charge in [-0.25, -0.2) is 0 Å². The Balaban J connectivity index is 1.48. The molecule has 0 bridgehead atoms. The minimum atomic E-state index is 0.0973. The number of unbranched alkanes of at least 4 members (excludes halogenated alkanes) is 1.